The van der Waals surface area contributed by atoms with Crippen molar-refractivity contribution in [1.29, 1.82) is 0 Å². The Balaban J connectivity index is 0.000000343. The smallest absolute Gasteiger partial charge is 0.327 e. The van der Waals surface area contributed by atoms with Crippen LogP contribution in [0.4, 0.5) is 16.0 Å². The lowest BCUT2D eigenvalue weighted by Gasteiger charge is -2.18. The van der Waals surface area contributed by atoms with Crippen molar-refractivity contribution >= 4 is 50.9 Å². The van der Waals surface area contributed by atoms with Gasteiger partial charge >= 0.3 is 17.8 Å². The minimum absolute atomic E-state index is 0.0155. The van der Waals surface area contributed by atoms with E-state index in [0.717, 1.165) is 73.5 Å². The molecule has 43 heavy (non-hydrogen) atoms. The van der Waals surface area contributed by atoms with Crippen LogP contribution < -0.4 is 4.57 Å². The van der Waals surface area contributed by atoms with Gasteiger partial charge in [-0.3, -0.25) is 14.0 Å². The molecule has 2 aliphatic heterocycles. The number of hydrogen-bond donors (Lipinski definition) is 2. The Morgan fingerprint density at radius 2 is 1.42 bits per heavy atom. The molecule has 0 saturated carbocycles. The van der Waals surface area contributed by atoms with Crippen molar-refractivity contribution in [1.82, 2.24) is 4.98 Å². The minimum atomic E-state index is -1.00. The number of fused-ring (bicyclic) bond motifs is 2. The summed E-state index contributed by atoms with van der Waals surface area (Å²) in [5.74, 6) is 0.554. The maximum Gasteiger partial charge on any atom is 0.327 e. The van der Waals surface area contributed by atoms with E-state index in [2.05, 4.69) is 96.4 Å². The van der Waals surface area contributed by atoms with Crippen LogP contribution in [0.25, 0.3) is 0 Å². The summed E-state index contributed by atoms with van der Waals surface area (Å²) < 4.78 is 17.7. The summed E-state index contributed by atoms with van der Waals surface area (Å²) in [4.78, 5) is 33.8. The zero-order valence-corrected chi connectivity index (χ0v) is 28.1. The Morgan fingerprint density at radius 3 is 1.98 bits per heavy atom. The van der Waals surface area contributed by atoms with E-state index in [0.29, 0.717) is 6.42 Å². The minimum Gasteiger partial charge on any atom is -0.481 e. The summed E-state index contributed by atoms with van der Waals surface area (Å²) in [6.45, 7) is 13.8. The highest BCUT2D eigenvalue weighted by Crippen LogP contribution is 2.38. The van der Waals surface area contributed by atoms with E-state index in [1.165, 1.54) is 11.1 Å². The fraction of sp³-hybridized carbons (Fsp3) is 0.576. The van der Waals surface area contributed by atoms with Crippen molar-refractivity contribution < 1.29 is 30.1 Å². The molecule has 8 nitrogen and oxygen atoms in total. The van der Waals surface area contributed by atoms with Crippen LogP contribution in [0.5, 0.6) is 0 Å². The van der Waals surface area contributed by atoms with E-state index in [1.54, 1.807) is 6.20 Å². The zero-order chi connectivity index (χ0) is 33.3. The Bertz CT molecular complexity index is 1280. The Kier molecular flexibility index (Phi) is 15.7. The second-order valence-corrected chi connectivity index (χ2v) is 12.3. The maximum absolute atomic E-state index is 10.5. The topological polar surface area (TPSA) is 116 Å². The lowest BCUT2D eigenvalue weighted by molar-refractivity contribution is -0.684. The van der Waals surface area contributed by atoms with Gasteiger partial charge in [0.1, 0.15) is 5.71 Å². The van der Waals surface area contributed by atoms with Crippen molar-refractivity contribution in [3.63, 3.8) is 0 Å². The second kappa shape index (κ2) is 18.6. The lowest BCUT2D eigenvalue weighted by atomic mass is 9.83. The van der Waals surface area contributed by atoms with Crippen LogP contribution in [0.2, 0.25) is 0 Å². The number of aliphatic carboxylic acids is 2. The number of carboxylic acid groups (broad SMARTS) is 2. The Morgan fingerprint density at radius 1 is 0.884 bits per heavy atom. The van der Waals surface area contributed by atoms with Gasteiger partial charge in [-0.15, -0.1) is 0 Å². The zero-order valence-electron chi connectivity index (χ0n) is 27.5. The van der Waals surface area contributed by atoms with Crippen LogP contribution in [-0.4, -0.2) is 51.0 Å². The van der Waals surface area contributed by atoms with Gasteiger partial charge in [0.05, 0.1) is 32.2 Å². The van der Waals surface area contributed by atoms with Gasteiger partial charge in [-0.25, -0.2) is 14.5 Å². The highest BCUT2D eigenvalue weighted by molar-refractivity contribution is 9.09. The van der Waals surface area contributed by atoms with Gasteiger partial charge < -0.3 is 10.2 Å². The third-order valence-corrected chi connectivity index (χ3v) is 8.41. The number of pyridine rings is 2. The van der Waals surface area contributed by atoms with Gasteiger partial charge in [0.2, 0.25) is 0 Å². The van der Waals surface area contributed by atoms with Crippen molar-refractivity contribution in [2.45, 2.75) is 110 Å². The van der Waals surface area contributed by atoms with Gasteiger partial charge in [-0.1, -0.05) is 42.3 Å². The van der Waals surface area contributed by atoms with Crippen LogP contribution in [0.15, 0.2) is 46.6 Å². The molecule has 0 amide bonds. The molecule has 0 aliphatic carbocycles. The van der Waals surface area contributed by atoms with Crippen molar-refractivity contribution in [3.8, 4) is 0 Å². The number of carboxylic acids is 2. The molecule has 0 unspecified atom stereocenters. The van der Waals surface area contributed by atoms with Crippen LogP contribution in [-0.2, 0) is 27.0 Å². The predicted octanol–water partition coefficient (Wildman–Crippen LogP) is 8.08. The van der Waals surface area contributed by atoms with E-state index in [1.807, 2.05) is 6.07 Å². The first-order chi connectivity index (χ1) is 20.7. The molecule has 2 aromatic rings. The molecule has 0 aromatic carbocycles. The highest BCUT2D eigenvalue weighted by atomic mass is 79.9. The fourth-order valence-corrected chi connectivity index (χ4v) is 4.98. The SMILES string of the molecule is CC1=Nc2c(ccc[n+]2CCCCCC(=O)O)C1(C)C.CC1=Nc2ncccc2C1(C)C.O=C(O)CCCCCBr.[2H]CF. The van der Waals surface area contributed by atoms with Gasteiger partial charge in [0.25, 0.3) is 0 Å². The van der Waals surface area contributed by atoms with Gasteiger partial charge in [0, 0.05) is 41.1 Å². The number of nitrogens with zero attached hydrogens (tertiary/aromatic N) is 4. The molecule has 4 heterocycles. The molecule has 0 radical (unpaired) electrons. The Hall–Kier alpha value is -3.01. The normalized spacial score (nSPS) is 15.0. The van der Waals surface area contributed by atoms with E-state index in [9.17, 15) is 14.0 Å². The largest absolute Gasteiger partial charge is 0.481 e. The molecule has 0 fully saturated rings. The molecule has 4 rings (SSSR count). The fourth-order valence-electron chi connectivity index (χ4n) is 4.58. The third-order valence-electron chi connectivity index (χ3n) is 7.85. The molecule has 0 saturated heterocycles. The molecule has 2 N–H and O–H groups in total. The first-order valence-electron chi connectivity index (χ1n) is 15.4. The summed E-state index contributed by atoms with van der Waals surface area (Å²) >= 11 is 3.27. The number of halogens is 2. The first kappa shape index (κ1) is 36.2. The molecule has 2 aromatic heterocycles. The van der Waals surface area contributed by atoms with Crippen LogP contribution in [0.3, 0.4) is 0 Å². The summed E-state index contributed by atoms with van der Waals surface area (Å²) in [5.41, 5.74) is 4.91. The molecule has 0 atom stereocenters. The monoisotopic (exact) mass is 664 g/mol. The maximum atomic E-state index is 10.5. The third kappa shape index (κ3) is 11.5. The number of rotatable bonds is 11. The number of aliphatic imine (C=N–C) groups is 2. The van der Waals surface area contributed by atoms with E-state index in [4.69, 9.17) is 16.6 Å². The van der Waals surface area contributed by atoms with Crippen molar-refractivity contribution in [2.24, 2.45) is 9.98 Å². The highest BCUT2D eigenvalue weighted by Gasteiger charge is 2.40. The molecule has 2 aliphatic rings. The van der Waals surface area contributed by atoms with E-state index in [-0.39, 0.29) is 17.3 Å². The lowest BCUT2D eigenvalue weighted by Crippen LogP contribution is -2.34. The molecule has 0 bridgehead atoms. The van der Waals surface area contributed by atoms with Crippen molar-refractivity contribution in [2.75, 3.05) is 12.5 Å². The molecular formula is C33H49BrFN4O4+. The number of carbonyl (C=O) groups is 2. The van der Waals surface area contributed by atoms with Crippen LogP contribution >= 0.6 is 15.9 Å². The number of aromatic nitrogens is 2. The number of aryl methyl sites for hydroxylation is 1. The molecule has 0 spiro atoms. The summed E-state index contributed by atoms with van der Waals surface area (Å²) in [5, 5.41) is 17.8. The number of hydrogen-bond acceptors (Lipinski definition) is 5. The van der Waals surface area contributed by atoms with Gasteiger partial charge in [-0.2, -0.15) is 0 Å². The summed E-state index contributed by atoms with van der Waals surface area (Å²) in [6.07, 6.45) is 10.0. The van der Waals surface area contributed by atoms with Gasteiger partial charge in [0.15, 0.2) is 5.82 Å². The van der Waals surface area contributed by atoms with Gasteiger partial charge in [-0.05, 0) is 83.0 Å². The van der Waals surface area contributed by atoms with Crippen molar-refractivity contribution in [3.05, 3.63) is 47.8 Å². The average Bonchev–Trinajstić information content (AvgIpc) is 3.34. The Labute approximate surface area is 266 Å². The molecule has 10 heteroatoms. The van der Waals surface area contributed by atoms with E-state index < -0.39 is 19.1 Å². The molecule has 238 valence electrons. The van der Waals surface area contributed by atoms with E-state index >= 15 is 0 Å². The average molecular weight is 666 g/mol. The first-order valence-corrected chi connectivity index (χ1v) is 15.8. The number of unbranched alkanes of at least 4 members (excludes halogenated alkanes) is 4. The van der Waals surface area contributed by atoms with Crippen LogP contribution in [0, 0.1) is 0 Å². The summed E-state index contributed by atoms with van der Waals surface area (Å²) in [6, 6.07) is 8.29. The number of alkyl halides is 2. The van der Waals surface area contributed by atoms with Crippen LogP contribution in [0.1, 0.15) is 105 Å². The predicted molar refractivity (Wildman–Crippen MR) is 175 cm³/mol. The standard InChI is InChI=1S/C16H22N2O2.C10H12N2.C6H11BrO2.CH3F/c1-12-16(2,3)13-8-7-11-18(15(13)17-12)10-6-4-5-9-14(19)20;1-7-10(2,3)8-5-4-6-11-9(8)12-7;7-5-3-1-2-4-6(8)9;1-2/h7-8,11H,4-6,9-10H2,1-3H3;4-6H,1-3H3;1-5H2,(H,8,9);1H3/p+1/i;;;1D. The molecular weight excluding hydrogens is 615 g/mol. The quantitative estimate of drug-likeness (QED) is 0.143. The summed E-state index contributed by atoms with van der Waals surface area (Å²) in [7, 11) is -1.00. The second-order valence-electron chi connectivity index (χ2n) is 11.6.